The zero-order valence-corrected chi connectivity index (χ0v) is 5.77. The van der Waals surface area contributed by atoms with E-state index in [2.05, 4.69) is 15.8 Å². The quantitative estimate of drug-likeness (QED) is 0.421. The predicted octanol–water partition coefficient (Wildman–Crippen LogP) is -0.498. The lowest BCUT2D eigenvalue weighted by Gasteiger charge is -1.90. The Morgan fingerprint density at radius 3 is 3.10 bits per heavy atom. The molecule has 2 N–H and O–H groups in total. The van der Waals surface area contributed by atoms with Crippen LogP contribution >= 0.6 is 11.8 Å². The van der Waals surface area contributed by atoms with Crippen LogP contribution in [0.2, 0.25) is 0 Å². The van der Waals surface area contributed by atoms with Crippen LogP contribution in [0, 0.1) is 0 Å². The molecule has 54 valence electrons. The predicted molar refractivity (Wildman–Crippen MR) is 37.6 cm³/mol. The van der Waals surface area contributed by atoms with E-state index in [0.717, 1.165) is 11.8 Å². The first kappa shape index (κ1) is 7.07. The number of nitrogens with zero attached hydrogens (tertiary/aromatic N) is 1. The van der Waals surface area contributed by atoms with E-state index < -0.39 is 0 Å². The van der Waals surface area contributed by atoms with Gasteiger partial charge in [0.25, 0.3) is 5.24 Å². The van der Waals surface area contributed by atoms with Crippen LogP contribution in [0.1, 0.15) is 0 Å². The summed E-state index contributed by atoms with van der Waals surface area (Å²) >= 11 is 1.12. The number of rotatable bonds is 2. The van der Waals surface area contributed by atoms with Gasteiger partial charge in [-0.25, -0.2) is 5.43 Å². The summed E-state index contributed by atoms with van der Waals surface area (Å²) < 4.78 is 0. The smallest absolute Gasteiger partial charge is 0.284 e. The molecule has 0 aromatic heterocycles. The van der Waals surface area contributed by atoms with Gasteiger partial charge < -0.3 is 5.32 Å². The summed E-state index contributed by atoms with van der Waals surface area (Å²) in [5.74, 6) is 0.988. The molecular weight excluding hydrogens is 154 g/mol. The molecular formula is C4H5N3O2S. The highest BCUT2D eigenvalue weighted by Gasteiger charge is 2.15. The fourth-order valence-electron chi connectivity index (χ4n) is 0.488. The Balaban J connectivity index is 2.43. The second-order valence-corrected chi connectivity index (χ2v) is 2.45. The van der Waals surface area contributed by atoms with Crippen LogP contribution in [0.25, 0.3) is 0 Å². The molecule has 1 aliphatic heterocycles. The number of hydrazone groups is 1. The van der Waals surface area contributed by atoms with E-state index in [0.29, 0.717) is 18.0 Å². The van der Waals surface area contributed by atoms with Gasteiger partial charge in [0.1, 0.15) is 5.84 Å². The molecule has 0 atom stereocenters. The molecule has 0 unspecified atom stereocenters. The summed E-state index contributed by atoms with van der Waals surface area (Å²) in [7, 11) is 0. The molecule has 10 heavy (non-hydrogen) atoms. The first-order valence-corrected chi connectivity index (χ1v) is 3.51. The summed E-state index contributed by atoms with van der Waals surface area (Å²) in [5.41, 5.74) is 2.09. The molecule has 0 saturated carbocycles. The number of nitrogens with one attached hydrogen (secondary N) is 2. The van der Waals surface area contributed by atoms with E-state index in [1.165, 1.54) is 0 Å². The maximum Gasteiger partial charge on any atom is 0.284 e. The minimum absolute atomic E-state index is 0.133. The van der Waals surface area contributed by atoms with E-state index in [9.17, 15) is 9.59 Å². The van der Waals surface area contributed by atoms with Crippen LogP contribution in [0.15, 0.2) is 5.10 Å². The van der Waals surface area contributed by atoms with Gasteiger partial charge in [0, 0.05) is 0 Å². The third-order valence-electron chi connectivity index (χ3n) is 0.839. The Morgan fingerprint density at radius 2 is 2.60 bits per heavy atom. The second-order valence-electron chi connectivity index (χ2n) is 1.51. The largest absolute Gasteiger partial charge is 0.303 e. The SMILES string of the molecule is O=CN/N=C1/CSC(=O)N1. The monoisotopic (exact) mass is 159 g/mol. The highest BCUT2D eigenvalue weighted by Crippen LogP contribution is 2.07. The zero-order chi connectivity index (χ0) is 7.40. The average molecular weight is 159 g/mol. The number of carbonyl (C=O) groups excluding carboxylic acids is 2. The second kappa shape index (κ2) is 3.21. The van der Waals surface area contributed by atoms with Gasteiger partial charge in [-0.15, -0.1) is 0 Å². The van der Waals surface area contributed by atoms with Gasteiger partial charge >= 0.3 is 0 Å². The molecule has 2 amide bonds. The van der Waals surface area contributed by atoms with Crippen molar-refractivity contribution in [3.8, 4) is 0 Å². The minimum Gasteiger partial charge on any atom is -0.303 e. The van der Waals surface area contributed by atoms with Gasteiger partial charge in [0.05, 0.1) is 5.75 Å². The molecule has 1 saturated heterocycles. The third-order valence-corrected chi connectivity index (χ3v) is 1.62. The van der Waals surface area contributed by atoms with Gasteiger partial charge in [-0.05, 0) is 0 Å². The summed E-state index contributed by atoms with van der Waals surface area (Å²) in [6.07, 6.45) is 0.447. The highest BCUT2D eigenvalue weighted by atomic mass is 32.2. The van der Waals surface area contributed by atoms with Crippen molar-refractivity contribution in [3.05, 3.63) is 0 Å². The van der Waals surface area contributed by atoms with E-state index in [1.54, 1.807) is 0 Å². The molecule has 1 fully saturated rings. The molecule has 1 rings (SSSR count). The fourth-order valence-corrected chi connectivity index (χ4v) is 1.08. The number of thioether (sulfide) groups is 1. The van der Waals surface area contributed by atoms with Gasteiger partial charge in [-0.1, -0.05) is 11.8 Å². The van der Waals surface area contributed by atoms with Gasteiger partial charge in [-0.3, -0.25) is 9.59 Å². The van der Waals surface area contributed by atoms with Crippen LogP contribution < -0.4 is 10.7 Å². The minimum atomic E-state index is -0.133. The molecule has 1 aliphatic rings. The molecule has 0 aromatic rings. The molecule has 0 radical (unpaired) electrons. The highest BCUT2D eigenvalue weighted by molar-refractivity contribution is 8.14. The summed E-state index contributed by atoms with van der Waals surface area (Å²) in [5, 5.41) is 5.85. The molecule has 0 aliphatic carbocycles. The van der Waals surface area contributed by atoms with E-state index in [-0.39, 0.29) is 5.24 Å². The Bertz CT molecular complexity index is 191. The summed E-state index contributed by atoms with van der Waals surface area (Å²) in [4.78, 5) is 20.2. The summed E-state index contributed by atoms with van der Waals surface area (Å²) in [6, 6.07) is 0. The fraction of sp³-hybridized carbons (Fsp3) is 0.250. The van der Waals surface area contributed by atoms with Crippen molar-refractivity contribution in [1.29, 1.82) is 0 Å². The molecule has 1 heterocycles. The molecule has 6 heteroatoms. The van der Waals surface area contributed by atoms with Gasteiger partial charge in [-0.2, -0.15) is 5.10 Å². The lowest BCUT2D eigenvalue weighted by Crippen LogP contribution is -2.22. The maximum atomic E-state index is 10.5. The normalized spacial score (nSPS) is 20.8. The lowest BCUT2D eigenvalue weighted by atomic mass is 10.7. The number of hydrogen-bond donors (Lipinski definition) is 2. The van der Waals surface area contributed by atoms with Crippen LogP contribution in [0.4, 0.5) is 4.79 Å². The zero-order valence-electron chi connectivity index (χ0n) is 4.96. The Hall–Kier alpha value is -1.04. The van der Waals surface area contributed by atoms with Crippen molar-refractivity contribution >= 4 is 29.2 Å². The van der Waals surface area contributed by atoms with E-state index in [4.69, 9.17) is 0 Å². The summed E-state index contributed by atoms with van der Waals surface area (Å²) in [6.45, 7) is 0. The van der Waals surface area contributed by atoms with Crippen molar-refractivity contribution in [2.24, 2.45) is 5.10 Å². The van der Waals surface area contributed by atoms with Crippen molar-refractivity contribution in [3.63, 3.8) is 0 Å². The lowest BCUT2D eigenvalue weighted by molar-refractivity contribution is -0.109. The molecule has 0 aromatic carbocycles. The molecule has 0 spiro atoms. The van der Waals surface area contributed by atoms with E-state index >= 15 is 0 Å². The standard InChI is InChI=1S/C4H5N3O2S/c8-2-5-7-3-1-10-4(9)6-3/h2H,1H2,(H,5,8)(H,6,7,9). The van der Waals surface area contributed by atoms with Crippen molar-refractivity contribution in [2.45, 2.75) is 0 Å². The third kappa shape index (κ3) is 1.73. The Morgan fingerprint density at radius 1 is 1.80 bits per heavy atom. The number of amides is 2. The van der Waals surface area contributed by atoms with Crippen LogP contribution in [-0.4, -0.2) is 23.2 Å². The first-order valence-electron chi connectivity index (χ1n) is 2.52. The van der Waals surface area contributed by atoms with Crippen molar-refractivity contribution in [2.75, 3.05) is 5.75 Å². The topological polar surface area (TPSA) is 70.6 Å². The van der Waals surface area contributed by atoms with Crippen LogP contribution in [-0.2, 0) is 4.79 Å². The maximum absolute atomic E-state index is 10.5. The first-order chi connectivity index (χ1) is 4.83. The average Bonchev–Trinajstić information content (AvgIpc) is 2.31. The van der Waals surface area contributed by atoms with Crippen molar-refractivity contribution in [1.82, 2.24) is 10.7 Å². The molecule has 5 nitrogen and oxygen atoms in total. The van der Waals surface area contributed by atoms with E-state index in [1.807, 2.05) is 0 Å². The van der Waals surface area contributed by atoms with Gasteiger partial charge in [0.15, 0.2) is 0 Å². The number of carbonyl (C=O) groups is 2. The Kier molecular flexibility index (Phi) is 2.27. The van der Waals surface area contributed by atoms with Crippen LogP contribution in [0.3, 0.4) is 0 Å². The number of hydrogen-bond acceptors (Lipinski definition) is 4. The Labute approximate surface area is 61.2 Å². The molecule has 0 bridgehead atoms. The number of amidine groups is 1. The van der Waals surface area contributed by atoms with Gasteiger partial charge in [0.2, 0.25) is 6.41 Å². The van der Waals surface area contributed by atoms with Crippen molar-refractivity contribution < 1.29 is 9.59 Å². The van der Waals surface area contributed by atoms with Crippen LogP contribution in [0.5, 0.6) is 0 Å².